The fraction of sp³-hybridized carbons (Fsp3) is 0.333. The molecule has 0 saturated heterocycles. The average Bonchev–Trinajstić information content (AvgIpc) is 2.79. The van der Waals surface area contributed by atoms with Gasteiger partial charge in [0.05, 0.1) is 0 Å². The van der Waals surface area contributed by atoms with Crippen molar-refractivity contribution in [2.24, 2.45) is 0 Å². The Morgan fingerprint density at radius 2 is 1.82 bits per heavy atom. The molecule has 5 rings (SSSR count). The number of carbonyl (C=O) groups excluding carboxylic acids is 1. The van der Waals surface area contributed by atoms with E-state index in [0.29, 0.717) is 29.3 Å². The predicted molar refractivity (Wildman–Crippen MR) is 130 cm³/mol. The van der Waals surface area contributed by atoms with E-state index in [1.54, 1.807) is 6.07 Å². The number of nitrogens with two attached hydrogens (primary N) is 1. The van der Waals surface area contributed by atoms with Crippen molar-refractivity contribution >= 4 is 11.7 Å². The third-order valence-corrected chi connectivity index (χ3v) is 6.96. The Morgan fingerprint density at radius 3 is 2.61 bits per heavy atom. The molecule has 0 fully saturated rings. The summed E-state index contributed by atoms with van der Waals surface area (Å²) in [6.07, 6.45) is 1.71. The second kappa shape index (κ2) is 8.27. The smallest absolute Gasteiger partial charge is 0.251 e. The number of nitrogens with zero attached hydrogens (tertiary/aromatic N) is 2. The highest BCUT2D eigenvalue weighted by atomic mass is 19.1. The maximum Gasteiger partial charge on any atom is 0.251 e. The first-order valence-corrected chi connectivity index (χ1v) is 11.6. The van der Waals surface area contributed by atoms with Crippen LogP contribution in [-0.2, 0) is 19.4 Å². The first kappa shape index (κ1) is 21.6. The Balaban J connectivity index is 1.57. The van der Waals surface area contributed by atoms with Crippen molar-refractivity contribution in [2.75, 3.05) is 18.8 Å². The minimum atomic E-state index is -0.564. The van der Waals surface area contributed by atoms with Gasteiger partial charge < -0.3 is 11.1 Å². The third kappa shape index (κ3) is 3.89. The van der Waals surface area contributed by atoms with E-state index >= 15 is 4.39 Å². The predicted octanol–water partition coefficient (Wildman–Crippen LogP) is 4.50. The molecule has 2 aliphatic rings. The van der Waals surface area contributed by atoms with E-state index in [4.69, 9.17) is 5.73 Å². The Bertz CT molecular complexity index is 1270. The van der Waals surface area contributed by atoms with Crippen LogP contribution in [0.1, 0.15) is 46.5 Å². The summed E-state index contributed by atoms with van der Waals surface area (Å²) in [4.78, 5) is 18.7. The number of carbonyl (C=O) groups is 1. The standard InChI is InChI=1S/C27H29FN4O/c1-15(2)32-9-7-17-11-18(4-5-20(17)14-32)22-13-24(26(29)31-25(22)28)21-12-19-6-8-30-27(33)23(19)10-16(21)3/h4-5,10-13,15H,6-9,14H2,1-3H3,(H2,29,31)(H,30,33). The molecule has 3 N–H and O–H groups in total. The van der Waals surface area contributed by atoms with Gasteiger partial charge >= 0.3 is 0 Å². The Morgan fingerprint density at radius 1 is 1.00 bits per heavy atom. The molecule has 1 aromatic heterocycles. The molecular weight excluding hydrogens is 415 g/mol. The number of anilines is 1. The van der Waals surface area contributed by atoms with Crippen molar-refractivity contribution in [1.82, 2.24) is 15.2 Å². The van der Waals surface area contributed by atoms with E-state index in [1.807, 2.05) is 25.1 Å². The zero-order valence-corrected chi connectivity index (χ0v) is 19.3. The molecular formula is C27H29FN4O. The van der Waals surface area contributed by atoms with E-state index in [0.717, 1.165) is 48.2 Å². The molecule has 1 amide bonds. The lowest BCUT2D eigenvalue weighted by molar-refractivity contribution is 0.0946. The Kier molecular flexibility index (Phi) is 5.41. The quantitative estimate of drug-likeness (QED) is 0.584. The minimum Gasteiger partial charge on any atom is -0.383 e. The van der Waals surface area contributed by atoms with Crippen molar-refractivity contribution in [3.63, 3.8) is 0 Å². The fourth-order valence-corrected chi connectivity index (χ4v) is 4.97. The molecule has 170 valence electrons. The number of hydrogen-bond acceptors (Lipinski definition) is 4. The van der Waals surface area contributed by atoms with Crippen LogP contribution in [0, 0.1) is 12.9 Å². The van der Waals surface area contributed by atoms with Crippen LogP contribution in [0.3, 0.4) is 0 Å². The van der Waals surface area contributed by atoms with Crippen molar-refractivity contribution in [2.45, 2.75) is 46.2 Å². The summed E-state index contributed by atoms with van der Waals surface area (Å²) in [5.74, 6) is -0.460. The molecule has 5 nitrogen and oxygen atoms in total. The van der Waals surface area contributed by atoms with Gasteiger partial charge in [0.2, 0.25) is 5.95 Å². The van der Waals surface area contributed by atoms with Crippen molar-refractivity contribution < 1.29 is 9.18 Å². The largest absolute Gasteiger partial charge is 0.383 e. The van der Waals surface area contributed by atoms with Gasteiger partial charge in [-0.05, 0) is 85.2 Å². The Labute approximate surface area is 193 Å². The molecule has 0 atom stereocenters. The van der Waals surface area contributed by atoms with Gasteiger partial charge in [-0.15, -0.1) is 0 Å². The number of nitrogen functional groups attached to an aromatic ring is 1. The molecule has 0 spiro atoms. The molecule has 0 saturated carbocycles. The molecule has 0 bridgehead atoms. The van der Waals surface area contributed by atoms with Crippen molar-refractivity contribution in [3.05, 3.63) is 70.2 Å². The normalized spacial score (nSPS) is 15.8. The number of pyridine rings is 1. The number of aromatic nitrogens is 1. The number of fused-ring (bicyclic) bond motifs is 2. The Hall–Kier alpha value is -3.25. The number of amides is 1. The third-order valence-electron chi connectivity index (χ3n) is 6.96. The summed E-state index contributed by atoms with van der Waals surface area (Å²) >= 11 is 0. The van der Waals surface area contributed by atoms with Crippen LogP contribution in [-0.4, -0.2) is 34.9 Å². The number of benzene rings is 2. The summed E-state index contributed by atoms with van der Waals surface area (Å²) < 4.78 is 15.0. The van der Waals surface area contributed by atoms with E-state index in [1.165, 1.54) is 11.1 Å². The van der Waals surface area contributed by atoms with Crippen LogP contribution in [0.25, 0.3) is 22.3 Å². The first-order chi connectivity index (χ1) is 15.8. The topological polar surface area (TPSA) is 71.2 Å². The summed E-state index contributed by atoms with van der Waals surface area (Å²) in [5, 5.41) is 2.88. The molecule has 2 aromatic carbocycles. The van der Waals surface area contributed by atoms with E-state index in [-0.39, 0.29) is 11.7 Å². The highest BCUT2D eigenvalue weighted by molar-refractivity contribution is 5.98. The van der Waals surface area contributed by atoms with Crippen LogP contribution in [0.5, 0.6) is 0 Å². The summed E-state index contributed by atoms with van der Waals surface area (Å²) in [7, 11) is 0. The van der Waals surface area contributed by atoms with Crippen LogP contribution >= 0.6 is 0 Å². The van der Waals surface area contributed by atoms with Gasteiger partial charge in [-0.1, -0.05) is 18.2 Å². The van der Waals surface area contributed by atoms with Crippen LogP contribution in [0.15, 0.2) is 36.4 Å². The number of aryl methyl sites for hydroxylation is 1. The van der Waals surface area contributed by atoms with Gasteiger partial charge in [0.15, 0.2) is 0 Å². The molecule has 3 aromatic rings. The fourth-order valence-electron chi connectivity index (χ4n) is 4.97. The zero-order valence-electron chi connectivity index (χ0n) is 19.3. The molecule has 0 radical (unpaired) electrons. The molecule has 0 aliphatic carbocycles. The zero-order chi connectivity index (χ0) is 23.3. The number of hydrogen-bond donors (Lipinski definition) is 2. The van der Waals surface area contributed by atoms with Gasteiger partial charge in [-0.25, -0.2) is 4.98 Å². The van der Waals surface area contributed by atoms with Crippen molar-refractivity contribution in [3.8, 4) is 22.3 Å². The SMILES string of the molecule is Cc1cc2c(cc1-c1cc(-c3ccc4c(c3)CCN(C(C)C)C4)c(F)nc1N)CCNC2=O. The second-order valence-corrected chi connectivity index (χ2v) is 9.39. The lowest BCUT2D eigenvalue weighted by Crippen LogP contribution is -2.35. The average molecular weight is 445 g/mol. The maximum atomic E-state index is 15.0. The van der Waals surface area contributed by atoms with E-state index < -0.39 is 5.95 Å². The molecule has 0 unspecified atom stereocenters. The molecule has 3 heterocycles. The number of rotatable bonds is 3. The van der Waals surface area contributed by atoms with Gasteiger partial charge in [0.1, 0.15) is 5.82 Å². The highest BCUT2D eigenvalue weighted by Crippen LogP contribution is 2.36. The van der Waals surface area contributed by atoms with Crippen LogP contribution < -0.4 is 11.1 Å². The van der Waals surface area contributed by atoms with Gasteiger partial charge in [-0.2, -0.15) is 4.39 Å². The molecule has 2 aliphatic heterocycles. The maximum absolute atomic E-state index is 15.0. The van der Waals surface area contributed by atoms with Crippen molar-refractivity contribution in [1.29, 1.82) is 0 Å². The second-order valence-electron chi connectivity index (χ2n) is 9.39. The monoisotopic (exact) mass is 444 g/mol. The lowest BCUT2D eigenvalue weighted by Gasteiger charge is -2.32. The summed E-state index contributed by atoms with van der Waals surface area (Å²) in [6, 6.07) is 12.4. The van der Waals surface area contributed by atoms with Gasteiger partial charge in [0, 0.05) is 42.4 Å². The van der Waals surface area contributed by atoms with Crippen LogP contribution in [0.4, 0.5) is 10.2 Å². The van der Waals surface area contributed by atoms with E-state index in [9.17, 15) is 4.79 Å². The van der Waals surface area contributed by atoms with E-state index in [2.05, 4.69) is 41.2 Å². The molecule has 33 heavy (non-hydrogen) atoms. The number of nitrogens with one attached hydrogen (secondary N) is 1. The summed E-state index contributed by atoms with van der Waals surface area (Å²) in [6.45, 7) is 8.91. The highest BCUT2D eigenvalue weighted by Gasteiger charge is 2.22. The lowest BCUT2D eigenvalue weighted by atomic mass is 9.90. The van der Waals surface area contributed by atoms with Gasteiger partial charge in [-0.3, -0.25) is 9.69 Å². The first-order valence-electron chi connectivity index (χ1n) is 11.6. The minimum absolute atomic E-state index is 0.0538. The van der Waals surface area contributed by atoms with Crippen LogP contribution in [0.2, 0.25) is 0 Å². The number of halogens is 1. The molecule has 6 heteroatoms. The van der Waals surface area contributed by atoms with Gasteiger partial charge in [0.25, 0.3) is 5.91 Å². The summed E-state index contributed by atoms with van der Waals surface area (Å²) in [5.41, 5.74) is 14.2.